The number of phenols is 1. The maximum absolute atomic E-state index is 13.5. The molecule has 0 saturated carbocycles. The number of methoxy groups -OCH3 is 1. The van der Waals surface area contributed by atoms with Crippen molar-refractivity contribution in [2.45, 2.75) is 4.90 Å². The third-order valence-corrected chi connectivity index (χ3v) is 8.18. The molecule has 0 radical (unpaired) electrons. The van der Waals surface area contributed by atoms with E-state index in [4.69, 9.17) is 4.74 Å². The predicted molar refractivity (Wildman–Crippen MR) is 166 cm³/mol. The molecule has 1 aliphatic heterocycles. The molecule has 1 aromatic heterocycles. The van der Waals surface area contributed by atoms with Crippen LogP contribution in [0.2, 0.25) is 0 Å². The van der Waals surface area contributed by atoms with Crippen molar-refractivity contribution in [3.8, 4) is 11.5 Å². The standard InChI is InChI=1S/C30H33N7O5S/c1-3-11-36-12-14-37(15-13-36)20-28(39)31-21-7-6-8-25(18-21)43(40,41)35-30-29(33-26-9-4-5-10-27(26)34-30)32-22-16-23(38)19-24(17-22)42-2/h3-10,16-19,38H,1,11-15,20H2,2H3,(H,31,39)(H,32,33)(H,34,35). The highest BCUT2D eigenvalue weighted by molar-refractivity contribution is 7.92. The van der Waals surface area contributed by atoms with Gasteiger partial charge in [0.15, 0.2) is 11.6 Å². The van der Waals surface area contributed by atoms with Crippen LogP contribution in [0.5, 0.6) is 11.5 Å². The van der Waals surface area contributed by atoms with E-state index in [0.717, 1.165) is 32.7 Å². The van der Waals surface area contributed by atoms with E-state index in [1.165, 1.54) is 31.4 Å². The van der Waals surface area contributed by atoms with Gasteiger partial charge in [-0.25, -0.2) is 18.4 Å². The maximum Gasteiger partial charge on any atom is 0.263 e. The number of hydrogen-bond acceptors (Lipinski definition) is 10. The zero-order valence-electron chi connectivity index (χ0n) is 23.7. The van der Waals surface area contributed by atoms with Gasteiger partial charge in [-0.1, -0.05) is 24.3 Å². The van der Waals surface area contributed by atoms with Crippen LogP contribution < -0.4 is 20.1 Å². The topological polar surface area (TPSA) is 149 Å². The van der Waals surface area contributed by atoms with Gasteiger partial charge >= 0.3 is 0 Å². The van der Waals surface area contributed by atoms with E-state index in [0.29, 0.717) is 28.2 Å². The lowest BCUT2D eigenvalue weighted by molar-refractivity contribution is -0.117. The number of carbonyl (C=O) groups is 1. The zero-order valence-corrected chi connectivity index (χ0v) is 24.5. The summed E-state index contributed by atoms with van der Waals surface area (Å²) >= 11 is 0. The summed E-state index contributed by atoms with van der Waals surface area (Å²) in [4.78, 5) is 26.1. The Bertz CT molecular complexity index is 1740. The second kappa shape index (κ2) is 13.1. The number of benzene rings is 3. The van der Waals surface area contributed by atoms with Gasteiger partial charge in [0.2, 0.25) is 5.91 Å². The Morgan fingerprint density at radius 1 is 0.953 bits per heavy atom. The van der Waals surface area contributed by atoms with Crippen LogP contribution in [0.15, 0.2) is 84.3 Å². The summed E-state index contributed by atoms with van der Waals surface area (Å²) in [6.07, 6.45) is 1.87. The molecule has 3 aromatic carbocycles. The quantitative estimate of drug-likeness (QED) is 0.187. The van der Waals surface area contributed by atoms with Gasteiger partial charge in [0, 0.05) is 62.3 Å². The van der Waals surface area contributed by atoms with Crippen LogP contribution in [-0.2, 0) is 14.8 Å². The molecular weight excluding hydrogens is 570 g/mol. The minimum absolute atomic E-state index is 0.0495. The molecule has 0 spiro atoms. The van der Waals surface area contributed by atoms with E-state index in [-0.39, 0.29) is 34.7 Å². The first-order chi connectivity index (χ1) is 20.7. The first-order valence-corrected chi connectivity index (χ1v) is 15.1. The largest absolute Gasteiger partial charge is 0.508 e. The number of aromatic hydroxyl groups is 1. The molecule has 0 unspecified atom stereocenters. The molecule has 12 nitrogen and oxygen atoms in total. The SMILES string of the molecule is C=CCN1CCN(CC(=O)Nc2cccc(S(=O)(=O)Nc3nc4ccccc4nc3Nc3cc(O)cc(OC)c3)c2)CC1. The molecule has 1 saturated heterocycles. The Hall–Kier alpha value is -4.72. The van der Waals surface area contributed by atoms with Crippen LogP contribution in [-0.4, -0.2) is 85.6 Å². The second-order valence-electron chi connectivity index (χ2n) is 10.0. The predicted octanol–water partition coefficient (Wildman–Crippen LogP) is 3.63. The summed E-state index contributed by atoms with van der Waals surface area (Å²) in [6, 6.07) is 17.6. The first kappa shape index (κ1) is 29.8. The van der Waals surface area contributed by atoms with Crippen LogP contribution in [0.25, 0.3) is 11.0 Å². The zero-order chi connectivity index (χ0) is 30.4. The molecule has 43 heavy (non-hydrogen) atoms. The molecule has 1 fully saturated rings. The molecular formula is C30H33N7O5S. The van der Waals surface area contributed by atoms with Crippen LogP contribution in [0.3, 0.4) is 0 Å². The van der Waals surface area contributed by atoms with Gasteiger partial charge < -0.3 is 20.5 Å². The van der Waals surface area contributed by atoms with Gasteiger partial charge in [-0.15, -0.1) is 6.58 Å². The number of para-hydroxylation sites is 2. The third kappa shape index (κ3) is 7.57. The first-order valence-electron chi connectivity index (χ1n) is 13.6. The van der Waals surface area contributed by atoms with E-state index < -0.39 is 10.0 Å². The Labute approximate surface area is 250 Å². The van der Waals surface area contributed by atoms with Crippen molar-refractivity contribution in [2.75, 3.05) is 61.7 Å². The number of carbonyl (C=O) groups excluding carboxylic acids is 1. The van der Waals surface area contributed by atoms with E-state index in [1.54, 1.807) is 42.5 Å². The van der Waals surface area contributed by atoms with Crippen molar-refractivity contribution in [3.63, 3.8) is 0 Å². The average molecular weight is 604 g/mol. The van der Waals surface area contributed by atoms with Gasteiger partial charge in [0.05, 0.1) is 29.6 Å². The summed E-state index contributed by atoms with van der Waals surface area (Å²) in [7, 11) is -2.69. The normalized spacial score (nSPS) is 14.3. The molecule has 4 aromatic rings. The summed E-state index contributed by atoms with van der Waals surface area (Å²) in [5, 5.41) is 15.9. The van der Waals surface area contributed by atoms with Gasteiger partial charge in [-0.2, -0.15) is 0 Å². The molecule has 0 atom stereocenters. The fourth-order valence-corrected chi connectivity index (χ4v) is 5.77. The lowest BCUT2D eigenvalue weighted by Crippen LogP contribution is -2.48. The number of aromatic nitrogens is 2. The Balaban J connectivity index is 1.34. The molecule has 1 aliphatic rings. The Morgan fingerprint density at radius 2 is 1.65 bits per heavy atom. The number of sulfonamides is 1. The van der Waals surface area contributed by atoms with Crippen LogP contribution >= 0.6 is 0 Å². The lowest BCUT2D eigenvalue weighted by Gasteiger charge is -2.33. The fourth-order valence-electron chi connectivity index (χ4n) is 4.71. The van der Waals surface area contributed by atoms with Crippen molar-refractivity contribution in [2.24, 2.45) is 0 Å². The number of anilines is 4. The number of nitrogens with zero attached hydrogens (tertiary/aromatic N) is 4. The van der Waals surface area contributed by atoms with Crippen molar-refractivity contribution in [1.29, 1.82) is 0 Å². The summed E-state index contributed by atoms with van der Waals surface area (Å²) in [5.74, 6) is 0.186. The molecule has 0 aliphatic carbocycles. The molecule has 2 heterocycles. The highest BCUT2D eigenvalue weighted by Gasteiger charge is 2.21. The lowest BCUT2D eigenvalue weighted by atomic mass is 10.2. The number of piperazine rings is 1. The highest BCUT2D eigenvalue weighted by atomic mass is 32.2. The van der Waals surface area contributed by atoms with E-state index >= 15 is 0 Å². The number of rotatable bonds is 11. The van der Waals surface area contributed by atoms with Gasteiger partial charge in [-0.05, 0) is 30.3 Å². The van der Waals surface area contributed by atoms with Crippen LogP contribution in [0.4, 0.5) is 23.0 Å². The van der Waals surface area contributed by atoms with Crippen LogP contribution in [0.1, 0.15) is 0 Å². The average Bonchev–Trinajstić information content (AvgIpc) is 2.98. The van der Waals surface area contributed by atoms with Crippen molar-refractivity contribution in [3.05, 3.63) is 79.4 Å². The summed E-state index contributed by atoms with van der Waals surface area (Å²) in [5.41, 5.74) is 1.78. The van der Waals surface area contributed by atoms with E-state index in [2.05, 4.69) is 41.7 Å². The molecule has 5 rings (SSSR count). The monoisotopic (exact) mass is 603 g/mol. The van der Waals surface area contributed by atoms with Crippen molar-refractivity contribution in [1.82, 2.24) is 19.8 Å². The minimum Gasteiger partial charge on any atom is -0.508 e. The molecule has 0 bridgehead atoms. The molecule has 4 N–H and O–H groups in total. The van der Waals surface area contributed by atoms with E-state index in [9.17, 15) is 18.3 Å². The number of nitrogens with one attached hydrogen (secondary N) is 3. The van der Waals surface area contributed by atoms with Gasteiger partial charge in [-0.3, -0.25) is 19.3 Å². The minimum atomic E-state index is -4.16. The van der Waals surface area contributed by atoms with E-state index in [1.807, 2.05) is 6.08 Å². The number of phenolic OH excluding ortho intramolecular Hbond substituents is 1. The summed E-state index contributed by atoms with van der Waals surface area (Å²) in [6.45, 7) is 8.03. The molecule has 224 valence electrons. The fraction of sp³-hybridized carbons (Fsp3) is 0.233. The molecule has 13 heteroatoms. The van der Waals surface area contributed by atoms with Gasteiger partial charge in [0.1, 0.15) is 11.5 Å². The Kier molecular flexibility index (Phi) is 9.04. The maximum atomic E-state index is 13.5. The Morgan fingerprint density at radius 3 is 2.35 bits per heavy atom. The smallest absolute Gasteiger partial charge is 0.263 e. The third-order valence-electron chi connectivity index (χ3n) is 6.84. The van der Waals surface area contributed by atoms with Crippen molar-refractivity contribution < 1.29 is 23.1 Å². The van der Waals surface area contributed by atoms with Gasteiger partial charge in [0.25, 0.3) is 10.0 Å². The van der Waals surface area contributed by atoms with Crippen molar-refractivity contribution >= 4 is 50.0 Å². The number of hydrogen-bond donors (Lipinski definition) is 4. The number of amides is 1. The molecule has 1 amide bonds. The second-order valence-corrected chi connectivity index (χ2v) is 11.7. The van der Waals surface area contributed by atoms with Crippen LogP contribution in [0, 0.1) is 0 Å². The number of ether oxygens (including phenoxy) is 1. The summed E-state index contributed by atoms with van der Waals surface area (Å²) < 4.78 is 34.8. The highest BCUT2D eigenvalue weighted by Crippen LogP contribution is 2.31. The number of fused-ring (bicyclic) bond motifs is 1.